The summed E-state index contributed by atoms with van der Waals surface area (Å²) in [5.41, 5.74) is 0.956. The lowest BCUT2D eigenvalue weighted by Crippen LogP contribution is -2.41. The maximum Gasteiger partial charge on any atom is 0.239 e. The van der Waals surface area contributed by atoms with E-state index in [1.54, 1.807) is 28.3 Å². The molecule has 0 unspecified atom stereocenters. The van der Waals surface area contributed by atoms with E-state index in [0.717, 1.165) is 11.3 Å². The van der Waals surface area contributed by atoms with Crippen molar-refractivity contribution < 1.29 is 19.1 Å². The Morgan fingerprint density at radius 1 is 1.13 bits per heavy atom. The third-order valence-electron chi connectivity index (χ3n) is 3.43. The SMILES string of the molecule is CNC(=O)CN(C)C(=O)CN(C)Cc1ccc(OC)cc1OC. The molecule has 0 saturated carbocycles. The molecule has 1 N–H and O–H groups in total. The summed E-state index contributed by atoms with van der Waals surface area (Å²) in [5.74, 6) is 1.11. The first-order chi connectivity index (χ1) is 10.9. The zero-order chi connectivity index (χ0) is 17.4. The molecule has 2 amide bonds. The summed E-state index contributed by atoms with van der Waals surface area (Å²) < 4.78 is 10.5. The van der Waals surface area contributed by atoms with E-state index in [4.69, 9.17) is 9.47 Å². The van der Waals surface area contributed by atoms with Crippen LogP contribution >= 0.6 is 0 Å². The van der Waals surface area contributed by atoms with Crippen LogP contribution in [0.4, 0.5) is 0 Å². The lowest BCUT2D eigenvalue weighted by Gasteiger charge is -2.22. The second-order valence-electron chi connectivity index (χ2n) is 5.27. The predicted octanol–water partition coefficient (Wildman–Crippen LogP) is 0.340. The molecule has 1 rings (SSSR count). The number of benzene rings is 1. The number of rotatable bonds is 8. The van der Waals surface area contributed by atoms with Crippen LogP contribution in [-0.4, -0.2) is 70.1 Å². The van der Waals surface area contributed by atoms with Gasteiger partial charge in [0, 0.05) is 32.3 Å². The summed E-state index contributed by atoms with van der Waals surface area (Å²) in [6, 6.07) is 5.57. The number of hydrogen-bond donors (Lipinski definition) is 1. The summed E-state index contributed by atoms with van der Waals surface area (Å²) in [6.07, 6.45) is 0. The molecule has 0 aliphatic rings. The van der Waals surface area contributed by atoms with E-state index in [1.165, 1.54) is 4.90 Å². The number of likely N-dealkylation sites (N-methyl/N-ethyl adjacent to an activating group) is 3. The molecule has 128 valence electrons. The van der Waals surface area contributed by atoms with Crippen molar-refractivity contribution in [1.82, 2.24) is 15.1 Å². The quantitative estimate of drug-likeness (QED) is 0.747. The third kappa shape index (κ3) is 5.78. The van der Waals surface area contributed by atoms with E-state index in [-0.39, 0.29) is 24.9 Å². The first kappa shape index (κ1) is 18.8. The molecular weight excluding hydrogens is 298 g/mol. The third-order valence-corrected chi connectivity index (χ3v) is 3.43. The van der Waals surface area contributed by atoms with Crippen molar-refractivity contribution in [2.24, 2.45) is 0 Å². The van der Waals surface area contributed by atoms with Crippen LogP contribution < -0.4 is 14.8 Å². The van der Waals surface area contributed by atoms with Crippen molar-refractivity contribution in [3.05, 3.63) is 23.8 Å². The van der Waals surface area contributed by atoms with Gasteiger partial charge in [-0.1, -0.05) is 6.07 Å². The van der Waals surface area contributed by atoms with E-state index in [2.05, 4.69) is 5.32 Å². The summed E-state index contributed by atoms with van der Waals surface area (Å²) in [6.45, 7) is 0.810. The van der Waals surface area contributed by atoms with Gasteiger partial charge < -0.3 is 19.7 Å². The monoisotopic (exact) mass is 323 g/mol. The highest BCUT2D eigenvalue weighted by Crippen LogP contribution is 2.25. The van der Waals surface area contributed by atoms with Crippen LogP contribution in [0, 0.1) is 0 Å². The first-order valence-electron chi connectivity index (χ1n) is 7.25. The standard InChI is InChI=1S/C16H25N3O4/c1-17-15(20)10-19(3)16(21)11-18(2)9-12-6-7-13(22-4)8-14(12)23-5/h6-8H,9-11H2,1-5H3,(H,17,20). The van der Waals surface area contributed by atoms with Crippen LogP contribution in [0.3, 0.4) is 0 Å². The van der Waals surface area contributed by atoms with Crippen molar-refractivity contribution in [1.29, 1.82) is 0 Å². The van der Waals surface area contributed by atoms with Gasteiger partial charge in [-0.3, -0.25) is 14.5 Å². The lowest BCUT2D eigenvalue weighted by molar-refractivity contribution is -0.135. The number of methoxy groups -OCH3 is 2. The largest absolute Gasteiger partial charge is 0.497 e. The fourth-order valence-electron chi connectivity index (χ4n) is 2.06. The minimum Gasteiger partial charge on any atom is -0.497 e. The van der Waals surface area contributed by atoms with Crippen LogP contribution in [0.2, 0.25) is 0 Å². The van der Waals surface area contributed by atoms with Crippen molar-refractivity contribution in [2.45, 2.75) is 6.54 Å². The zero-order valence-corrected chi connectivity index (χ0v) is 14.4. The first-order valence-corrected chi connectivity index (χ1v) is 7.25. The molecule has 0 aromatic heterocycles. The molecule has 23 heavy (non-hydrogen) atoms. The minimum absolute atomic E-state index is 0.0506. The fraction of sp³-hybridized carbons (Fsp3) is 0.500. The average molecular weight is 323 g/mol. The average Bonchev–Trinajstić information content (AvgIpc) is 2.54. The van der Waals surface area contributed by atoms with Gasteiger partial charge in [0.25, 0.3) is 0 Å². The smallest absolute Gasteiger partial charge is 0.239 e. The number of hydrogen-bond acceptors (Lipinski definition) is 5. The Hall–Kier alpha value is -2.28. The van der Waals surface area contributed by atoms with E-state index >= 15 is 0 Å². The predicted molar refractivity (Wildman–Crippen MR) is 87.6 cm³/mol. The number of amides is 2. The Morgan fingerprint density at radius 3 is 2.39 bits per heavy atom. The molecule has 0 aliphatic heterocycles. The van der Waals surface area contributed by atoms with Crippen LogP contribution in [-0.2, 0) is 16.1 Å². The molecule has 1 aromatic rings. The van der Waals surface area contributed by atoms with Gasteiger partial charge in [0.1, 0.15) is 11.5 Å². The van der Waals surface area contributed by atoms with Crippen molar-refractivity contribution in [3.8, 4) is 11.5 Å². The topological polar surface area (TPSA) is 71.1 Å². The lowest BCUT2D eigenvalue weighted by atomic mass is 10.2. The van der Waals surface area contributed by atoms with Crippen molar-refractivity contribution in [2.75, 3.05) is 48.5 Å². The number of nitrogens with zero attached hydrogens (tertiary/aromatic N) is 2. The summed E-state index contributed by atoms with van der Waals surface area (Å²) in [5, 5.41) is 2.49. The molecule has 1 aromatic carbocycles. The molecule has 0 fully saturated rings. The zero-order valence-electron chi connectivity index (χ0n) is 14.4. The van der Waals surface area contributed by atoms with Gasteiger partial charge in [-0.25, -0.2) is 0 Å². The normalized spacial score (nSPS) is 10.3. The van der Waals surface area contributed by atoms with Crippen molar-refractivity contribution in [3.63, 3.8) is 0 Å². The molecule has 7 heteroatoms. The van der Waals surface area contributed by atoms with Gasteiger partial charge >= 0.3 is 0 Å². The second kappa shape index (κ2) is 8.99. The fourth-order valence-corrected chi connectivity index (χ4v) is 2.06. The Morgan fingerprint density at radius 2 is 1.83 bits per heavy atom. The molecule has 0 bridgehead atoms. The second-order valence-corrected chi connectivity index (χ2v) is 5.27. The number of nitrogens with one attached hydrogen (secondary N) is 1. The summed E-state index contributed by atoms with van der Waals surface area (Å²) in [4.78, 5) is 26.7. The molecule has 0 spiro atoms. The minimum atomic E-state index is -0.194. The molecule has 0 atom stereocenters. The molecule has 0 radical (unpaired) electrons. The molecule has 0 aliphatic carbocycles. The van der Waals surface area contributed by atoms with Crippen LogP contribution in [0.1, 0.15) is 5.56 Å². The highest BCUT2D eigenvalue weighted by Gasteiger charge is 2.15. The van der Waals surface area contributed by atoms with Crippen molar-refractivity contribution >= 4 is 11.8 Å². The van der Waals surface area contributed by atoms with Gasteiger partial charge in [0.2, 0.25) is 11.8 Å². The van der Waals surface area contributed by atoms with Gasteiger partial charge in [-0.05, 0) is 13.1 Å². The Balaban J connectivity index is 2.64. The van der Waals surface area contributed by atoms with E-state index < -0.39 is 0 Å². The van der Waals surface area contributed by atoms with Gasteiger partial charge in [0.15, 0.2) is 0 Å². The highest BCUT2D eigenvalue weighted by molar-refractivity contribution is 5.85. The Labute approximate surface area is 137 Å². The number of carbonyl (C=O) groups is 2. The van der Waals surface area contributed by atoms with Crippen LogP contribution in [0.25, 0.3) is 0 Å². The summed E-state index contributed by atoms with van der Waals surface area (Å²) >= 11 is 0. The van der Waals surface area contributed by atoms with Gasteiger partial charge in [0.05, 0.1) is 27.3 Å². The molecule has 0 saturated heterocycles. The van der Waals surface area contributed by atoms with E-state index in [1.807, 2.05) is 30.1 Å². The van der Waals surface area contributed by atoms with E-state index in [0.29, 0.717) is 12.3 Å². The molecule has 0 heterocycles. The maximum atomic E-state index is 12.1. The molecule has 7 nitrogen and oxygen atoms in total. The van der Waals surface area contributed by atoms with Gasteiger partial charge in [-0.2, -0.15) is 0 Å². The molecular formula is C16H25N3O4. The van der Waals surface area contributed by atoms with Crippen LogP contribution in [0.15, 0.2) is 18.2 Å². The van der Waals surface area contributed by atoms with Gasteiger partial charge in [-0.15, -0.1) is 0 Å². The maximum absolute atomic E-state index is 12.1. The highest BCUT2D eigenvalue weighted by atomic mass is 16.5. The van der Waals surface area contributed by atoms with Crippen LogP contribution in [0.5, 0.6) is 11.5 Å². The number of carbonyl (C=O) groups excluding carboxylic acids is 2. The van der Waals surface area contributed by atoms with E-state index in [9.17, 15) is 9.59 Å². The Bertz CT molecular complexity index is 548. The number of ether oxygens (including phenoxy) is 2. The Kier molecular flexibility index (Phi) is 7.34. The summed E-state index contributed by atoms with van der Waals surface area (Å²) in [7, 11) is 8.19.